The van der Waals surface area contributed by atoms with E-state index in [2.05, 4.69) is 20.6 Å². The molecule has 0 bridgehead atoms. The number of pyridine rings is 1. The number of nitrogens with one attached hydrogen (secondary N) is 2. The van der Waals surface area contributed by atoms with E-state index in [4.69, 9.17) is 4.74 Å². The van der Waals surface area contributed by atoms with E-state index in [0.717, 1.165) is 37.3 Å². The van der Waals surface area contributed by atoms with Gasteiger partial charge in [-0.25, -0.2) is 13.8 Å². The van der Waals surface area contributed by atoms with Gasteiger partial charge in [0.2, 0.25) is 0 Å². The highest BCUT2D eigenvalue weighted by molar-refractivity contribution is 7.11. The first-order valence-corrected chi connectivity index (χ1v) is 10.7. The number of halogens is 2. The van der Waals surface area contributed by atoms with Gasteiger partial charge in [-0.3, -0.25) is 9.78 Å². The number of ether oxygens (including phenoxy) is 1. The number of allylic oxidation sites excluding steroid dienone is 4. The maximum Gasteiger partial charge on any atom is 0.275 e. The molecule has 158 valence electrons. The van der Waals surface area contributed by atoms with Gasteiger partial charge in [-0.15, -0.1) is 11.3 Å². The van der Waals surface area contributed by atoms with Crippen LogP contribution in [0.3, 0.4) is 0 Å². The van der Waals surface area contributed by atoms with Crippen molar-refractivity contribution in [1.82, 2.24) is 15.3 Å². The van der Waals surface area contributed by atoms with Crippen LogP contribution in [0.1, 0.15) is 41.7 Å². The van der Waals surface area contributed by atoms with Crippen LogP contribution in [0, 0.1) is 5.92 Å². The molecule has 2 aliphatic rings. The fourth-order valence-electron chi connectivity index (χ4n) is 3.48. The lowest BCUT2D eigenvalue weighted by molar-refractivity contribution is 0.102. The second-order valence-electron chi connectivity index (χ2n) is 7.43. The fourth-order valence-corrected chi connectivity index (χ4v) is 4.34. The number of hydrogen-bond donors (Lipinski definition) is 2. The second kappa shape index (κ2) is 9.01. The minimum atomic E-state index is -0.642. The summed E-state index contributed by atoms with van der Waals surface area (Å²) in [7, 11) is 0. The Morgan fingerprint density at radius 3 is 3.03 bits per heavy atom. The summed E-state index contributed by atoms with van der Waals surface area (Å²) in [6.45, 7) is 3.45. The van der Waals surface area contributed by atoms with Crippen molar-refractivity contribution in [1.29, 1.82) is 0 Å². The van der Waals surface area contributed by atoms with Gasteiger partial charge in [0.25, 0.3) is 5.91 Å². The Labute approximate surface area is 177 Å². The molecular formula is C21H22F2N4O2S. The number of carbonyl (C=O) groups excluding carboxylic acids is 1. The number of carbonyl (C=O) groups is 1. The average molecular weight is 432 g/mol. The van der Waals surface area contributed by atoms with Crippen molar-refractivity contribution in [3.05, 3.63) is 52.3 Å². The average Bonchev–Trinajstić information content (AvgIpc) is 3.19. The van der Waals surface area contributed by atoms with Crippen LogP contribution >= 0.6 is 11.3 Å². The summed E-state index contributed by atoms with van der Waals surface area (Å²) < 4.78 is 34.6. The summed E-state index contributed by atoms with van der Waals surface area (Å²) in [5.74, 6) is -1.37. The molecular weight excluding hydrogens is 410 g/mol. The Bertz CT molecular complexity index is 998. The van der Waals surface area contributed by atoms with Crippen LogP contribution in [-0.2, 0) is 0 Å². The zero-order valence-corrected chi connectivity index (χ0v) is 17.3. The molecule has 0 saturated carbocycles. The number of rotatable bonds is 5. The van der Waals surface area contributed by atoms with Crippen molar-refractivity contribution < 1.29 is 18.3 Å². The van der Waals surface area contributed by atoms with Crippen LogP contribution < -0.4 is 15.4 Å². The number of aromatic nitrogens is 2. The molecule has 2 aromatic rings. The van der Waals surface area contributed by atoms with Gasteiger partial charge in [0.15, 0.2) is 0 Å². The molecule has 0 radical (unpaired) electrons. The van der Waals surface area contributed by atoms with E-state index in [0.29, 0.717) is 11.4 Å². The lowest BCUT2D eigenvalue weighted by Gasteiger charge is -2.24. The number of anilines is 1. The maximum atomic E-state index is 14.3. The Morgan fingerprint density at radius 2 is 2.27 bits per heavy atom. The van der Waals surface area contributed by atoms with Crippen molar-refractivity contribution in [3.63, 3.8) is 0 Å². The highest BCUT2D eigenvalue weighted by Gasteiger charge is 2.25. The van der Waals surface area contributed by atoms with E-state index in [-0.39, 0.29) is 34.7 Å². The zero-order chi connectivity index (χ0) is 21.1. The molecule has 2 unspecified atom stereocenters. The molecule has 1 fully saturated rings. The van der Waals surface area contributed by atoms with Crippen molar-refractivity contribution in [3.8, 4) is 5.75 Å². The Kier molecular flexibility index (Phi) is 6.19. The maximum absolute atomic E-state index is 14.3. The van der Waals surface area contributed by atoms with Gasteiger partial charge in [-0.1, -0.05) is 6.92 Å². The van der Waals surface area contributed by atoms with E-state index in [9.17, 15) is 13.6 Å². The van der Waals surface area contributed by atoms with Crippen LogP contribution in [0.5, 0.6) is 5.75 Å². The monoisotopic (exact) mass is 432 g/mol. The second-order valence-corrected chi connectivity index (χ2v) is 8.28. The van der Waals surface area contributed by atoms with Crippen LogP contribution in [0.4, 0.5) is 14.5 Å². The largest absolute Gasteiger partial charge is 0.487 e. The van der Waals surface area contributed by atoms with E-state index in [1.165, 1.54) is 17.7 Å². The molecule has 1 aliphatic carbocycles. The molecule has 0 aromatic carbocycles. The van der Waals surface area contributed by atoms with Crippen LogP contribution in [-0.4, -0.2) is 35.1 Å². The first kappa shape index (κ1) is 20.6. The van der Waals surface area contributed by atoms with Gasteiger partial charge >= 0.3 is 0 Å². The quantitative estimate of drug-likeness (QED) is 0.728. The normalized spacial score (nSPS) is 21.9. The molecule has 3 heterocycles. The molecule has 1 amide bonds. The number of nitrogens with zero attached hydrogens (tertiary/aromatic N) is 2. The lowest BCUT2D eigenvalue weighted by atomic mass is 9.96. The van der Waals surface area contributed by atoms with Crippen LogP contribution in [0.25, 0.3) is 5.57 Å². The summed E-state index contributed by atoms with van der Waals surface area (Å²) in [5.41, 5.74) is 0.341. The number of hydrogen-bond acceptors (Lipinski definition) is 6. The zero-order valence-electron chi connectivity index (χ0n) is 16.5. The number of thiazole rings is 1. The van der Waals surface area contributed by atoms with E-state index in [1.807, 2.05) is 0 Å². The molecule has 30 heavy (non-hydrogen) atoms. The first-order valence-electron chi connectivity index (χ1n) is 9.86. The third-order valence-electron chi connectivity index (χ3n) is 4.97. The SMILES string of the molecule is CC1C=C(F)C(c2nc(C(=O)Nc3cnccc3OC3CCCNC3)cs2)=C(F)C1. The summed E-state index contributed by atoms with van der Waals surface area (Å²) in [6, 6.07) is 1.69. The topological polar surface area (TPSA) is 76.1 Å². The summed E-state index contributed by atoms with van der Waals surface area (Å²) in [5, 5.41) is 7.65. The molecule has 4 rings (SSSR count). The first-order chi connectivity index (χ1) is 14.5. The highest BCUT2D eigenvalue weighted by Crippen LogP contribution is 2.38. The molecule has 2 aromatic heterocycles. The number of amides is 1. The Hall–Kier alpha value is -2.65. The molecule has 9 heteroatoms. The van der Waals surface area contributed by atoms with Crippen LogP contribution in [0.15, 0.2) is 41.6 Å². The van der Waals surface area contributed by atoms with Gasteiger partial charge in [0, 0.05) is 30.6 Å². The molecule has 6 nitrogen and oxygen atoms in total. The molecule has 2 N–H and O–H groups in total. The minimum Gasteiger partial charge on any atom is -0.487 e. The number of piperidine rings is 1. The smallest absolute Gasteiger partial charge is 0.275 e. The van der Waals surface area contributed by atoms with Gasteiger partial charge in [0.05, 0.1) is 11.8 Å². The predicted octanol–water partition coefficient (Wildman–Crippen LogP) is 4.50. The Balaban J connectivity index is 1.49. The van der Waals surface area contributed by atoms with Gasteiger partial charge in [-0.05, 0) is 31.4 Å². The van der Waals surface area contributed by atoms with Crippen molar-refractivity contribution >= 4 is 28.5 Å². The van der Waals surface area contributed by atoms with Crippen molar-refractivity contribution in [2.24, 2.45) is 5.92 Å². The standard InChI is InChI=1S/C21H22F2N4O2S/c1-12-7-14(22)19(15(23)8-12)21-27-17(11-30-21)20(28)26-16-10-25-6-4-18(16)29-13-3-2-5-24-9-13/h4,6-7,10-13,24H,2-3,5,8-9H2,1H3,(H,26,28). The van der Waals surface area contributed by atoms with Gasteiger partial charge < -0.3 is 15.4 Å². The minimum absolute atomic E-state index is 0.0149. The van der Waals surface area contributed by atoms with Gasteiger partial charge in [-0.2, -0.15) is 0 Å². The fraction of sp³-hybridized carbons (Fsp3) is 0.381. The Morgan fingerprint density at radius 1 is 1.40 bits per heavy atom. The summed E-state index contributed by atoms with van der Waals surface area (Å²) >= 11 is 1.03. The molecule has 1 saturated heterocycles. The summed E-state index contributed by atoms with van der Waals surface area (Å²) in [6.07, 6.45) is 6.56. The summed E-state index contributed by atoms with van der Waals surface area (Å²) in [4.78, 5) is 20.9. The molecule has 0 spiro atoms. The van der Waals surface area contributed by atoms with Crippen molar-refractivity contribution in [2.45, 2.75) is 32.3 Å². The lowest BCUT2D eigenvalue weighted by Crippen LogP contribution is -2.37. The van der Waals surface area contributed by atoms with E-state index >= 15 is 0 Å². The van der Waals surface area contributed by atoms with Gasteiger partial charge in [0.1, 0.15) is 39.9 Å². The van der Waals surface area contributed by atoms with E-state index in [1.54, 1.807) is 19.2 Å². The molecule has 1 aliphatic heterocycles. The predicted molar refractivity (Wildman–Crippen MR) is 112 cm³/mol. The molecule has 2 atom stereocenters. The van der Waals surface area contributed by atoms with E-state index < -0.39 is 17.6 Å². The van der Waals surface area contributed by atoms with Crippen molar-refractivity contribution in [2.75, 3.05) is 18.4 Å². The highest BCUT2D eigenvalue weighted by atomic mass is 32.1. The third kappa shape index (κ3) is 4.57. The van der Waals surface area contributed by atoms with Crippen LogP contribution in [0.2, 0.25) is 0 Å². The third-order valence-corrected chi connectivity index (χ3v) is 5.83.